The van der Waals surface area contributed by atoms with E-state index >= 15 is 0 Å². The summed E-state index contributed by atoms with van der Waals surface area (Å²) in [5.74, 6) is 0. The maximum Gasteiger partial charge on any atom is 0.0477 e. The van der Waals surface area contributed by atoms with Crippen LogP contribution in [0.4, 0.5) is 0 Å². The second-order valence-electron chi connectivity index (χ2n) is 0.986. The van der Waals surface area contributed by atoms with Gasteiger partial charge in [-0.25, -0.2) is 6.08 Å². The molecule has 0 radical (unpaired) electrons. The summed E-state index contributed by atoms with van der Waals surface area (Å²) in [4.78, 5) is 0. The van der Waals surface area contributed by atoms with Gasteiger partial charge < -0.3 is 4.74 Å². The number of rotatable bonds is 0. The summed E-state index contributed by atoms with van der Waals surface area (Å²) in [6, 6.07) is 0. The fourth-order valence-corrected chi connectivity index (χ4v) is 0.291. The zero-order chi connectivity index (χ0) is 4.24. The molecular weight excluding hydrogens is 216 g/mol. The summed E-state index contributed by atoms with van der Waals surface area (Å²) in [6.45, 7) is 1.62. The molecule has 0 saturated heterocycles. The molecule has 0 aromatic heterocycles. The Morgan fingerprint density at radius 3 is 2.29 bits per heavy atom. The third kappa shape index (κ3) is 3.14. The fourth-order valence-electron chi connectivity index (χ4n) is 0.291. The Kier molecular flexibility index (Phi) is 5.03. The van der Waals surface area contributed by atoms with Gasteiger partial charge in [-0.1, -0.05) is 6.61 Å². The topological polar surface area (TPSA) is 9.23 Å². The van der Waals surface area contributed by atoms with Gasteiger partial charge in [0.15, 0.2) is 0 Å². The van der Waals surface area contributed by atoms with Crippen LogP contribution in [-0.4, -0.2) is 0 Å². The third-order valence-corrected chi connectivity index (χ3v) is 0.536. The molecule has 0 fully saturated rings. The van der Waals surface area contributed by atoms with Crippen molar-refractivity contribution < 1.29 is 46.5 Å². The summed E-state index contributed by atoms with van der Waals surface area (Å²) in [7, 11) is 0. The van der Waals surface area contributed by atoms with Gasteiger partial charge in [0.2, 0.25) is 0 Å². The van der Waals surface area contributed by atoms with Gasteiger partial charge in [-0.3, -0.25) is 0 Å². The molecule has 0 N–H and O–H groups in total. The van der Waals surface area contributed by atoms with E-state index in [1.54, 1.807) is 12.9 Å². The molecule has 36 valence electrons. The van der Waals surface area contributed by atoms with Crippen LogP contribution in [0.25, 0.3) is 0 Å². The summed E-state index contributed by atoms with van der Waals surface area (Å²) in [5, 5.41) is 0. The van der Waals surface area contributed by atoms with E-state index < -0.39 is 0 Å². The zero-order valence-electron chi connectivity index (χ0n) is 3.79. The van der Waals surface area contributed by atoms with Gasteiger partial charge in [0.05, 0.1) is 0 Å². The molecule has 1 heterocycles. The van der Waals surface area contributed by atoms with Crippen molar-refractivity contribution in [2.75, 3.05) is 0 Å². The standard InChI is InChI=1S/C5H5O.Ce/c1-2-4-6-5-3-1;/h1-5H;/q-1;. The van der Waals surface area contributed by atoms with Crippen molar-refractivity contribution in [3.05, 3.63) is 31.1 Å². The summed E-state index contributed by atoms with van der Waals surface area (Å²) in [6.07, 6.45) is 7.20. The summed E-state index contributed by atoms with van der Waals surface area (Å²) < 4.78 is 4.68. The minimum absolute atomic E-state index is 0. The molecule has 0 atom stereocenters. The Morgan fingerprint density at radius 1 is 1.29 bits per heavy atom. The molecule has 0 saturated carbocycles. The SMILES string of the molecule is C1=C[CH-]OC=C1.[Ce]. The Bertz CT molecular complexity index is 74.1. The van der Waals surface area contributed by atoms with Crippen molar-refractivity contribution in [1.82, 2.24) is 0 Å². The molecule has 7 heavy (non-hydrogen) atoms. The van der Waals surface area contributed by atoms with Gasteiger partial charge in [0.1, 0.15) is 0 Å². The van der Waals surface area contributed by atoms with Crippen molar-refractivity contribution in [3.63, 3.8) is 0 Å². The van der Waals surface area contributed by atoms with Crippen LogP contribution in [0.1, 0.15) is 0 Å². The van der Waals surface area contributed by atoms with E-state index in [-0.39, 0.29) is 41.7 Å². The van der Waals surface area contributed by atoms with Crippen LogP contribution < -0.4 is 0 Å². The first-order valence-electron chi connectivity index (χ1n) is 1.80. The molecule has 0 bridgehead atoms. The first kappa shape index (κ1) is 7.53. The summed E-state index contributed by atoms with van der Waals surface area (Å²) in [5.41, 5.74) is 0. The van der Waals surface area contributed by atoms with E-state index in [1.165, 1.54) is 0 Å². The molecule has 1 nitrogen and oxygen atoms in total. The molecular formula is C5H5CeO-. The van der Waals surface area contributed by atoms with Crippen molar-refractivity contribution in [2.24, 2.45) is 0 Å². The molecule has 2 heteroatoms. The normalized spacial score (nSPS) is 13.7. The van der Waals surface area contributed by atoms with Gasteiger partial charge >= 0.3 is 0 Å². The van der Waals surface area contributed by atoms with E-state index in [0.717, 1.165) is 0 Å². The first-order chi connectivity index (χ1) is 3.00. The summed E-state index contributed by atoms with van der Waals surface area (Å²) >= 11 is 0. The van der Waals surface area contributed by atoms with Crippen LogP contribution in [-0.2, 0) is 4.74 Å². The third-order valence-electron chi connectivity index (χ3n) is 0.536. The molecule has 0 unspecified atom stereocenters. The molecule has 0 amide bonds. The van der Waals surface area contributed by atoms with Crippen molar-refractivity contribution in [2.45, 2.75) is 0 Å². The van der Waals surface area contributed by atoms with Crippen LogP contribution in [0, 0.1) is 48.4 Å². The van der Waals surface area contributed by atoms with Gasteiger partial charge in [-0.2, -0.15) is 6.08 Å². The minimum atomic E-state index is 0. The first-order valence-corrected chi connectivity index (χ1v) is 1.80. The predicted octanol–water partition coefficient (Wildman–Crippen LogP) is 1.25. The van der Waals surface area contributed by atoms with Gasteiger partial charge in [0.25, 0.3) is 0 Å². The van der Waals surface area contributed by atoms with Gasteiger partial charge in [-0.05, 0) is 0 Å². The van der Waals surface area contributed by atoms with Crippen LogP contribution in [0.5, 0.6) is 0 Å². The zero-order valence-corrected chi connectivity index (χ0v) is 6.94. The van der Waals surface area contributed by atoms with Crippen LogP contribution >= 0.6 is 0 Å². The maximum atomic E-state index is 4.68. The second-order valence-corrected chi connectivity index (χ2v) is 0.986. The molecule has 0 aliphatic carbocycles. The van der Waals surface area contributed by atoms with E-state index in [2.05, 4.69) is 4.74 Å². The van der Waals surface area contributed by atoms with Gasteiger partial charge in [-0.15, -0.1) is 6.08 Å². The number of ether oxygens (including phenoxy) is 1. The molecule has 1 rings (SSSR count). The van der Waals surface area contributed by atoms with E-state index in [0.29, 0.717) is 0 Å². The Balaban J connectivity index is 0.000000360. The predicted molar refractivity (Wildman–Crippen MR) is 23.7 cm³/mol. The molecule has 0 aromatic carbocycles. The second kappa shape index (κ2) is 4.68. The number of hydrogen-bond acceptors (Lipinski definition) is 1. The van der Waals surface area contributed by atoms with Crippen molar-refractivity contribution in [1.29, 1.82) is 0 Å². The minimum Gasteiger partial charge on any atom is -0.560 e. The number of hydrogen-bond donors (Lipinski definition) is 0. The Morgan fingerprint density at radius 2 is 2.14 bits per heavy atom. The quantitative estimate of drug-likeness (QED) is 0.559. The van der Waals surface area contributed by atoms with Crippen LogP contribution in [0.15, 0.2) is 24.5 Å². The maximum absolute atomic E-state index is 4.68. The molecule has 0 spiro atoms. The molecule has 0 aromatic rings. The average molecular weight is 221 g/mol. The van der Waals surface area contributed by atoms with E-state index in [4.69, 9.17) is 0 Å². The monoisotopic (exact) mass is 221 g/mol. The van der Waals surface area contributed by atoms with Crippen molar-refractivity contribution >= 4 is 0 Å². The van der Waals surface area contributed by atoms with Crippen LogP contribution in [0.3, 0.4) is 0 Å². The van der Waals surface area contributed by atoms with Crippen molar-refractivity contribution in [3.8, 4) is 0 Å². The molecule has 1 aliphatic rings. The van der Waals surface area contributed by atoms with E-state index in [9.17, 15) is 0 Å². The van der Waals surface area contributed by atoms with E-state index in [1.807, 2.05) is 18.2 Å². The molecule has 1 aliphatic heterocycles. The number of allylic oxidation sites excluding steroid dienone is 2. The fraction of sp³-hybridized carbons (Fsp3) is 0. The van der Waals surface area contributed by atoms with Crippen LogP contribution in [0.2, 0.25) is 0 Å². The largest absolute Gasteiger partial charge is 0.560 e. The Hall–Kier alpha value is 0.527. The Labute approximate surface area is 76.8 Å². The van der Waals surface area contributed by atoms with Gasteiger partial charge in [0, 0.05) is 48.0 Å². The average Bonchev–Trinajstić information content (AvgIpc) is 1.72. The smallest absolute Gasteiger partial charge is 0.0477 e.